The van der Waals surface area contributed by atoms with Crippen LogP contribution in [-0.4, -0.2) is 17.9 Å². The van der Waals surface area contributed by atoms with Crippen molar-refractivity contribution >= 4 is 21.7 Å². The molecule has 1 fully saturated rings. The van der Waals surface area contributed by atoms with Crippen molar-refractivity contribution in [3.8, 4) is 0 Å². The first-order chi connectivity index (χ1) is 8.10. The summed E-state index contributed by atoms with van der Waals surface area (Å²) in [6, 6.07) is 7.98. The first kappa shape index (κ1) is 12.8. The second kappa shape index (κ2) is 5.32. The smallest absolute Gasteiger partial charge is 0.156 e. The van der Waals surface area contributed by atoms with E-state index in [-0.39, 0.29) is 5.54 Å². The molecular formula is C14H18BrNO. The van der Waals surface area contributed by atoms with Crippen LogP contribution in [0, 0.1) is 0 Å². The molecule has 1 unspecified atom stereocenters. The van der Waals surface area contributed by atoms with E-state index in [1.807, 2.05) is 31.2 Å². The van der Waals surface area contributed by atoms with Crippen LogP contribution in [-0.2, 0) is 11.2 Å². The Bertz CT molecular complexity index is 410. The van der Waals surface area contributed by atoms with Gasteiger partial charge >= 0.3 is 0 Å². The van der Waals surface area contributed by atoms with Crippen LogP contribution in [0.5, 0.6) is 0 Å². The van der Waals surface area contributed by atoms with Crippen LogP contribution < -0.4 is 5.32 Å². The summed E-state index contributed by atoms with van der Waals surface area (Å²) in [6.45, 7) is 2.99. The maximum atomic E-state index is 12.3. The number of nitrogens with one attached hydrogen (secondary N) is 1. The first-order valence-electron chi connectivity index (χ1n) is 6.13. The summed E-state index contributed by atoms with van der Waals surface area (Å²) in [6.07, 6.45) is 3.80. The highest BCUT2D eigenvalue weighted by molar-refractivity contribution is 9.10. The zero-order valence-electron chi connectivity index (χ0n) is 10.1. The Morgan fingerprint density at radius 2 is 2.29 bits per heavy atom. The van der Waals surface area contributed by atoms with Crippen LogP contribution >= 0.6 is 15.9 Å². The van der Waals surface area contributed by atoms with E-state index in [2.05, 4.69) is 21.2 Å². The molecule has 1 atom stereocenters. The van der Waals surface area contributed by atoms with Crippen LogP contribution in [0.2, 0.25) is 0 Å². The van der Waals surface area contributed by atoms with Gasteiger partial charge in [-0.2, -0.15) is 0 Å². The van der Waals surface area contributed by atoms with E-state index >= 15 is 0 Å². The molecular weight excluding hydrogens is 278 g/mol. The lowest BCUT2D eigenvalue weighted by Gasteiger charge is -2.33. The predicted molar refractivity (Wildman–Crippen MR) is 73.1 cm³/mol. The molecule has 1 heterocycles. The molecule has 0 aromatic heterocycles. The third-order valence-electron chi connectivity index (χ3n) is 3.49. The molecule has 0 saturated carbocycles. The van der Waals surface area contributed by atoms with Crippen LogP contribution in [0.1, 0.15) is 31.7 Å². The number of hydrogen-bond acceptors (Lipinski definition) is 2. The monoisotopic (exact) mass is 295 g/mol. The Morgan fingerprint density at radius 3 is 2.94 bits per heavy atom. The Labute approximate surface area is 111 Å². The summed E-state index contributed by atoms with van der Waals surface area (Å²) >= 11 is 3.43. The second-order valence-electron chi connectivity index (χ2n) is 4.95. The van der Waals surface area contributed by atoms with E-state index in [4.69, 9.17) is 0 Å². The number of Topliss-reactive ketones (excluding diaryl/α,β-unsaturated/α-hetero) is 1. The van der Waals surface area contributed by atoms with Gasteiger partial charge in [-0.25, -0.2) is 0 Å². The van der Waals surface area contributed by atoms with Crippen LogP contribution in [0.4, 0.5) is 0 Å². The number of carbonyl (C=O) groups is 1. The highest BCUT2D eigenvalue weighted by Crippen LogP contribution is 2.22. The van der Waals surface area contributed by atoms with E-state index in [9.17, 15) is 4.79 Å². The molecule has 0 amide bonds. The molecule has 1 aromatic carbocycles. The van der Waals surface area contributed by atoms with E-state index in [1.54, 1.807) is 0 Å². The number of hydrogen-bond donors (Lipinski definition) is 1. The van der Waals surface area contributed by atoms with Crippen LogP contribution in [0.15, 0.2) is 28.7 Å². The summed E-state index contributed by atoms with van der Waals surface area (Å²) in [7, 11) is 0. The zero-order chi connectivity index (χ0) is 12.3. The van der Waals surface area contributed by atoms with E-state index < -0.39 is 0 Å². The summed E-state index contributed by atoms with van der Waals surface area (Å²) in [5.74, 6) is 0.301. The number of ketones is 1. The second-order valence-corrected chi connectivity index (χ2v) is 5.86. The number of rotatable bonds is 3. The van der Waals surface area contributed by atoms with Crippen molar-refractivity contribution in [1.29, 1.82) is 0 Å². The van der Waals surface area contributed by atoms with E-state index in [0.29, 0.717) is 12.2 Å². The lowest BCUT2D eigenvalue weighted by molar-refractivity contribution is -0.125. The third-order valence-corrected chi connectivity index (χ3v) is 3.98. The Hall–Kier alpha value is -0.670. The van der Waals surface area contributed by atoms with Gasteiger partial charge < -0.3 is 5.32 Å². The fraction of sp³-hybridized carbons (Fsp3) is 0.500. The number of carbonyl (C=O) groups excluding carboxylic acids is 1. The summed E-state index contributed by atoms with van der Waals surface area (Å²) in [5.41, 5.74) is 0.763. The lowest BCUT2D eigenvalue weighted by Crippen LogP contribution is -2.52. The highest BCUT2D eigenvalue weighted by Gasteiger charge is 2.33. The van der Waals surface area contributed by atoms with Crippen LogP contribution in [0.3, 0.4) is 0 Å². The van der Waals surface area contributed by atoms with Gasteiger partial charge in [0.25, 0.3) is 0 Å². The summed E-state index contributed by atoms with van der Waals surface area (Å²) < 4.78 is 1.03. The maximum Gasteiger partial charge on any atom is 0.156 e. The molecule has 0 bridgehead atoms. The highest BCUT2D eigenvalue weighted by atomic mass is 79.9. The van der Waals surface area contributed by atoms with Crippen LogP contribution in [0.25, 0.3) is 0 Å². The zero-order valence-corrected chi connectivity index (χ0v) is 11.7. The Morgan fingerprint density at radius 1 is 1.47 bits per heavy atom. The minimum Gasteiger partial charge on any atom is -0.305 e. The SMILES string of the molecule is CC1(C(=O)Cc2cccc(Br)c2)CCCCN1. The van der Waals surface area contributed by atoms with Gasteiger partial charge in [-0.05, 0) is 50.4 Å². The Kier molecular flexibility index (Phi) is 4.00. The van der Waals surface area contributed by atoms with Crippen molar-refractivity contribution in [2.75, 3.05) is 6.54 Å². The molecule has 1 N–H and O–H groups in total. The van der Waals surface area contributed by atoms with Crippen molar-refractivity contribution in [1.82, 2.24) is 5.32 Å². The lowest BCUT2D eigenvalue weighted by atomic mass is 9.84. The number of piperidine rings is 1. The fourth-order valence-corrected chi connectivity index (χ4v) is 2.77. The maximum absolute atomic E-state index is 12.3. The van der Waals surface area contributed by atoms with Gasteiger partial charge in [0.1, 0.15) is 0 Å². The largest absolute Gasteiger partial charge is 0.305 e. The Balaban J connectivity index is 2.05. The summed E-state index contributed by atoms with van der Waals surface area (Å²) in [4.78, 5) is 12.3. The van der Waals surface area contributed by atoms with Crippen molar-refractivity contribution in [2.45, 2.75) is 38.1 Å². The molecule has 0 spiro atoms. The van der Waals surface area contributed by atoms with Crippen molar-refractivity contribution in [3.63, 3.8) is 0 Å². The summed E-state index contributed by atoms with van der Waals surface area (Å²) in [5, 5.41) is 3.37. The van der Waals surface area contributed by atoms with E-state index in [0.717, 1.165) is 29.4 Å². The van der Waals surface area contributed by atoms with Crippen molar-refractivity contribution in [2.24, 2.45) is 0 Å². The van der Waals surface area contributed by atoms with Gasteiger partial charge in [-0.15, -0.1) is 0 Å². The standard InChI is InChI=1S/C14H18BrNO/c1-14(7-2-3-8-16-14)13(17)10-11-5-4-6-12(15)9-11/h4-6,9,16H,2-3,7-8,10H2,1H3. The van der Waals surface area contributed by atoms with Gasteiger partial charge in [0.15, 0.2) is 5.78 Å². The van der Waals surface area contributed by atoms with E-state index in [1.165, 1.54) is 6.42 Å². The van der Waals surface area contributed by atoms with Gasteiger partial charge in [-0.3, -0.25) is 4.79 Å². The average molecular weight is 296 g/mol. The molecule has 1 aromatic rings. The molecule has 0 radical (unpaired) electrons. The van der Waals surface area contributed by atoms with Gasteiger partial charge in [0.2, 0.25) is 0 Å². The minimum absolute atomic E-state index is 0.301. The topological polar surface area (TPSA) is 29.1 Å². The number of halogens is 1. The van der Waals surface area contributed by atoms with Gasteiger partial charge in [-0.1, -0.05) is 28.1 Å². The normalized spacial score (nSPS) is 24.6. The molecule has 0 aliphatic carbocycles. The fourth-order valence-electron chi connectivity index (χ4n) is 2.32. The predicted octanol–water partition coefficient (Wildman–Crippen LogP) is 3.09. The van der Waals surface area contributed by atoms with Crippen molar-refractivity contribution < 1.29 is 4.79 Å². The van der Waals surface area contributed by atoms with Crippen molar-refractivity contribution in [3.05, 3.63) is 34.3 Å². The third kappa shape index (κ3) is 3.17. The first-order valence-corrected chi connectivity index (χ1v) is 6.92. The molecule has 1 aliphatic heterocycles. The molecule has 2 rings (SSSR count). The quantitative estimate of drug-likeness (QED) is 0.928. The molecule has 17 heavy (non-hydrogen) atoms. The molecule has 1 aliphatic rings. The molecule has 3 heteroatoms. The minimum atomic E-state index is -0.319. The molecule has 2 nitrogen and oxygen atoms in total. The molecule has 1 saturated heterocycles. The average Bonchev–Trinajstić information content (AvgIpc) is 2.30. The van der Waals surface area contributed by atoms with Gasteiger partial charge in [0.05, 0.1) is 5.54 Å². The van der Waals surface area contributed by atoms with Gasteiger partial charge in [0, 0.05) is 10.9 Å². The molecule has 92 valence electrons. The number of benzene rings is 1.